The van der Waals surface area contributed by atoms with Gasteiger partial charge >= 0.3 is 0 Å². The van der Waals surface area contributed by atoms with E-state index in [0.717, 1.165) is 41.5 Å². The highest BCUT2D eigenvalue weighted by molar-refractivity contribution is 7.09. The molecule has 3 N–H and O–H groups in total. The Morgan fingerprint density at radius 2 is 2.41 bits per heavy atom. The molecule has 7 heteroatoms. The first-order valence-electron chi connectivity index (χ1n) is 7.62. The smallest absolute Gasteiger partial charge is 0.243 e. The lowest BCUT2D eigenvalue weighted by atomic mass is 10.1. The average molecular weight is 319 g/mol. The monoisotopic (exact) mass is 319 g/mol. The Bertz CT molecular complexity index is 648. The van der Waals surface area contributed by atoms with E-state index < -0.39 is 0 Å². The highest BCUT2D eigenvalue weighted by atomic mass is 32.1. The summed E-state index contributed by atoms with van der Waals surface area (Å²) in [5.74, 6) is 0.435. The molecule has 0 bridgehead atoms. The highest BCUT2D eigenvalue weighted by Crippen LogP contribution is 2.20. The Morgan fingerprint density at radius 3 is 3.18 bits per heavy atom. The zero-order chi connectivity index (χ0) is 15.5. The molecule has 0 aromatic carbocycles. The molecule has 0 aliphatic carbocycles. The number of fused-ring (bicyclic) bond motifs is 1. The van der Waals surface area contributed by atoms with Gasteiger partial charge in [0.2, 0.25) is 5.91 Å². The fourth-order valence-corrected chi connectivity index (χ4v) is 3.42. The van der Waals surface area contributed by atoms with Crippen molar-refractivity contribution in [2.75, 3.05) is 13.1 Å². The van der Waals surface area contributed by atoms with Crippen molar-refractivity contribution in [3.63, 3.8) is 0 Å². The first-order chi connectivity index (χ1) is 10.6. The Labute approximate surface area is 133 Å². The number of aromatic amines is 1. The van der Waals surface area contributed by atoms with Gasteiger partial charge in [0, 0.05) is 42.9 Å². The highest BCUT2D eigenvalue weighted by Gasteiger charge is 2.27. The Balaban J connectivity index is 1.53. The molecule has 0 saturated heterocycles. The number of H-pyrrole nitrogens is 1. The van der Waals surface area contributed by atoms with Gasteiger partial charge in [-0.25, -0.2) is 9.97 Å². The molecule has 0 spiro atoms. The van der Waals surface area contributed by atoms with Crippen molar-refractivity contribution in [2.24, 2.45) is 0 Å². The third-order valence-corrected chi connectivity index (χ3v) is 4.95. The maximum Gasteiger partial charge on any atom is 0.243 e. The number of amides is 1. The van der Waals surface area contributed by atoms with Gasteiger partial charge in [0.05, 0.1) is 22.7 Å². The Morgan fingerprint density at radius 1 is 1.55 bits per heavy atom. The average Bonchev–Trinajstić information content (AvgIpc) is 3.15. The number of carbonyl (C=O) groups is 1. The quantitative estimate of drug-likeness (QED) is 0.780. The van der Waals surface area contributed by atoms with Crippen LogP contribution in [0.1, 0.15) is 47.9 Å². The standard InChI is InChI=1S/C15H21N5OS/c1-9(2)15-20-10(7-22-15)3-5-17-14(21)13-12-11(4-6-16-13)18-8-19-12/h7-9,13,16H,3-6H2,1-2H3,(H,17,21)(H,18,19)/t13-/m0/s1. The zero-order valence-electron chi connectivity index (χ0n) is 12.8. The molecule has 1 atom stereocenters. The van der Waals surface area contributed by atoms with Crippen molar-refractivity contribution in [1.29, 1.82) is 0 Å². The predicted octanol–water partition coefficient (Wildman–Crippen LogP) is 1.54. The molecule has 118 valence electrons. The molecular formula is C15H21N5OS. The largest absolute Gasteiger partial charge is 0.354 e. The third kappa shape index (κ3) is 3.20. The van der Waals surface area contributed by atoms with E-state index in [1.54, 1.807) is 17.7 Å². The summed E-state index contributed by atoms with van der Waals surface area (Å²) in [7, 11) is 0. The van der Waals surface area contributed by atoms with Gasteiger partial charge in [-0.15, -0.1) is 11.3 Å². The van der Waals surface area contributed by atoms with Crippen LogP contribution in [0.2, 0.25) is 0 Å². The van der Waals surface area contributed by atoms with Gasteiger partial charge in [-0.05, 0) is 0 Å². The number of aromatic nitrogens is 3. The minimum Gasteiger partial charge on any atom is -0.354 e. The maximum atomic E-state index is 12.3. The van der Waals surface area contributed by atoms with E-state index in [4.69, 9.17) is 0 Å². The van der Waals surface area contributed by atoms with Crippen LogP contribution in [0.4, 0.5) is 0 Å². The number of imidazole rings is 1. The van der Waals surface area contributed by atoms with Crippen molar-refractivity contribution >= 4 is 17.2 Å². The molecule has 1 aliphatic rings. The lowest BCUT2D eigenvalue weighted by Gasteiger charge is -2.22. The van der Waals surface area contributed by atoms with Crippen LogP contribution < -0.4 is 10.6 Å². The van der Waals surface area contributed by atoms with E-state index in [1.165, 1.54) is 0 Å². The topological polar surface area (TPSA) is 82.7 Å². The van der Waals surface area contributed by atoms with Gasteiger partial charge in [-0.1, -0.05) is 13.8 Å². The summed E-state index contributed by atoms with van der Waals surface area (Å²) in [4.78, 5) is 24.3. The minimum atomic E-state index is -0.350. The van der Waals surface area contributed by atoms with Crippen LogP contribution in [0.25, 0.3) is 0 Å². The first-order valence-corrected chi connectivity index (χ1v) is 8.50. The third-order valence-electron chi connectivity index (χ3n) is 3.75. The van der Waals surface area contributed by atoms with Crippen LogP contribution in [-0.2, 0) is 17.6 Å². The number of nitrogens with one attached hydrogen (secondary N) is 3. The lowest BCUT2D eigenvalue weighted by molar-refractivity contribution is -0.123. The van der Waals surface area contributed by atoms with Crippen molar-refractivity contribution < 1.29 is 4.79 Å². The van der Waals surface area contributed by atoms with E-state index in [2.05, 4.69) is 44.8 Å². The van der Waals surface area contributed by atoms with Crippen LogP contribution in [-0.4, -0.2) is 33.9 Å². The predicted molar refractivity (Wildman–Crippen MR) is 86.0 cm³/mol. The summed E-state index contributed by atoms with van der Waals surface area (Å²) in [6, 6.07) is -0.350. The van der Waals surface area contributed by atoms with Crippen molar-refractivity contribution in [1.82, 2.24) is 25.6 Å². The number of hydrogen-bond acceptors (Lipinski definition) is 5. The summed E-state index contributed by atoms with van der Waals surface area (Å²) >= 11 is 1.69. The lowest BCUT2D eigenvalue weighted by Crippen LogP contribution is -2.42. The molecule has 1 aliphatic heterocycles. The van der Waals surface area contributed by atoms with E-state index >= 15 is 0 Å². The van der Waals surface area contributed by atoms with E-state index in [9.17, 15) is 4.79 Å². The molecular weight excluding hydrogens is 298 g/mol. The Kier molecular flexibility index (Phi) is 4.54. The molecule has 0 unspecified atom stereocenters. The van der Waals surface area contributed by atoms with Gasteiger partial charge in [-0.3, -0.25) is 4.79 Å². The van der Waals surface area contributed by atoms with Crippen LogP contribution in [0, 0.1) is 0 Å². The fraction of sp³-hybridized carbons (Fsp3) is 0.533. The fourth-order valence-electron chi connectivity index (χ4n) is 2.55. The van der Waals surface area contributed by atoms with Gasteiger partial charge < -0.3 is 15.6 Å². The van der Waals surface area contributed by atoms with Crippen LogP contribution in [0.5, 0.6) is 0 Å². The van der Waals surface area contributed by atoms with E-state index in [1.807, 2.05) is 0 Å². The molecule has 0 saturated carbocycles. The van der Waals surface area contributed by atoms with Gasteiger partial charge in [0.1, 0.15) is 6.04 Å². The maximum absolute atomic E-state index is 12.3. The molecule has 2 aromatic heterocycles. The number of hydrogen-bond donors (Lipinski definition) is 3. The molecule has 6 nitrogen and oxygen atoms in total. The summed E-state index contributed by atoms with van der Waals surface area (Å²) < 4.78 is 0. The minimum absolute atomic E-state index is 0.0210. The van der Waals surface area contributed by atoms with Crippen LogP contribution in [0.3, 0.4) is 0 Å². The van der Waals surface area contributed by atoms with Crippen molar-refractivity contribution in [3.05, 3.63) is 33.8 Å². The van der Waals surface area contributed by atoms with Crippen LogP contribution in [0.15, 0.2) is 11.7 Å². The van der Waals surface area contributed by atoms with E-state index in [0.29, 0.717) is 12.5 Å². The summed E-state index contributed by atoms with van der Waals surface area (Å²) in [6.45, 7) is 5.66. The second-order valence-electron chi connectivity index (χ2n) is 5.78. The molecule has 3 heterocycles. The molecule has 0 radical (unpaired) electrons. The van der Waals surface area contributed by atoms with Gasteiger partial charge in [0.25, 0.3) is 0 Å². The first kappa shape index (κ1) is 15.2. The molecule has 22 heavy (non-hydrogen) atoms. The van der Waals surface area contributed by atoms with Gasteiger partial charge in [0.15, 0.2) is 0 Å². The van der Waals surface area contributed by atoms with E-state index in [-0.39, 0.29) is 11.9 Å². The molecule has 2 aromatic rings. The normalized spacial score (nSPS) is 17.5. The van der Waals surface area contributed by atoms with Crippen LogP contribution >= 0.6 is 11.3 Å². The van der Waals surface area contributed by atoms with Gasteiger partial charge in [-0.2, -0.15) is 0 Å². The number of rotatable bonds is 5. The zero-order valence-corrected chi connectivity index (χ0v) is 13.7. The van der Waals surface area contributed by atoms with Crippen molar-refractivity contribution in [2.45, 2.75) is 38.6 Å². The second-order valence-corrected chi connectivity index (χ2v) is 6.67. The Hall–Kier alpha value is -1.73. The molecule has 0 fully saturated rings. The second kappa shape index (κ2) is 6.58. The SMILES string of the molecule is CC(C)c1nc(CCNC(=O)[C@H]2NCCc3[nH]cnc32)cs1. The number of nitrogens with zero attached hydrogens (tertiary/aromatic N) is 2. The number of carbonyl (C=O) groups excluding carboxylic acids is 1. The molecule has 3 rings (SSSR count). The van der Waals surface area contributed by atoms with Crippen molar-refractivity contribution in [3.8, 4) is 0 Å². The summed E-state index contributed by atoms with van der Waals surface area (Å²) in [6.07, 6.45) is 3.30. The number of thiazole rings is 1. The molecule has 1 amide bonds. The summed E-state index contributed by atoms with van der Waals surface area (Å²) in [5, 5.41) is 9.43. The summed E-state index contributed by atoms with van der Waals surface area (Å²) in [5.41, 5.74) is 2.92.